The summed E-state index contributed by atoms with van der Waals surface area (Å²) in [5.41, 5.74) is 6.99. The van der Waals surface area contributed by atoms with Gasteiger partial charge in [0.25, 0.3) is 0 Å². The Bertz CT molecular complexity index is 273. The predicted octanol–water partition coefficient (Wildman–Crippen LogP) is 1.75. The molecule has 3 heteroatoms. The fraction of sp³-hybridized carbons (Fsp3) is 0.500. The summed E-state index contributed by atoms with van der Waals surface area (Å²) < 4.78 is 5.07. The van der Waals surface area contributed by atoms with Gasteiger partial charge in [0, 0.05) is 12.2 Å². The molecule has 1 aromatic heterocycles. The zero-order valence-electron chi connectivity index (χ0n) is 8.32. The SMILES string of the molecule is COc1cncc([C@H](N)C(C)C)c1. The first kappa shape index (κ1) is 9.99. The highest BCUT2D eigenvalue weighted by Crippen LogP contribution is 2.21. The van der Waals surface area contributed by atoms with Crippen LogP contribution >= 0.6 is 0 Å². The summed E-state index contributed by atoms with van der Waals surface area (Å²) in [6.07, 6.45) is 3.46. The van der Waals surface area contributed by atoms with Gasteiger partial charge >= 0.3 is 0 Å². The molecule has 0 aliphatic heterocycles. The molecule has 2 N–H and O–H groups in total. The topological polar surface area (TPSA) is 48.1 Å². The number of methoxy groups -OCH3 is 1. The fourth-order valence-corrected chi connectivity index (χ4v) is 1.11. The largest absolute Gasteiger partial charge is 0.495 e. The molecule has 1 heterocycles. The van der Waals surface area contributed by atoms with Crippen LogP contribution in [0.3, 0.4) is 0 Å². The van der Waals surface area contributed by atoms with Crippen LogP contribution in [-0.2, 0) is 0 Å². The molecule has 0 aliphatic carbocycles. The summed E-state index contributed by atoms with van der Waals surface area (Å²) in [6.45, 7) is 4.17. The Morgan fingerprint density at radius 2 is 2.08 bits per heavy atom. The molecule has 0 fully saturated rings. The molecular formula is C10H16N2O. The van der Waals surface area contributed by atoms with E-state index in [-0.39, 0.29) is 6.04 Å². The van der Waals surface area contributed by atoms with Gasteiger partial charge in [-0.2, -0.15) is 0 Å². The first-order valence-corrected chi connectivity index (χ1v) is 4.39. The number of ether oxygens (including phenoxy) is 1. The van der Waals surface area contributed by atoms with Gasteiger partial charge in [-0.3, -0.25) is 4.98 Å². The van der Waals surface area contributed by atoms with Crippen molar-refractivity contribution in [3.05, 3.63) is 24.0 Å². The van der Waals surface area contributed by atoms with Gasteiger partial charge < -0.3 is 10.5 Å². The number of nitrogens with two attached hydrogens (primary N) is 1. The minimum Gasteiger partial charge on any atom is -0.495 e. The molecule has 13 heavy (non-hydrogen) atoms. The summed E-state index contributed by atoms with van der Waals surface area (Å²) in [7, 11) is 1.63. The van der Waals surface area contributed by atoms with Crippen LogP contribution in [0, 0.1) is 5.92 Å². The molecule has 0 amide bonds. The van der Waals surface area contributed by atoms with Gasteiger partial charge in [0.2, 0.25) is 0 Å². The Labute approximate surface area is 78.9 Å². The molecule has 0 unspecified atom stereocenters. The van der Waals surface area contributed by atoms with Crippen molar-refractivity contribution in [3.63, 3.8) is 0 Å². The zero-order valence-corrected chi connectivity index (χ0v) is 8.32. The smallest absolute Gasteiger partial charge is 0.137 e. The molecule has 1 atom stereocenters. The third-order valence-corrected chi connectivity index (χ3v) is 2.07. The van der Waals surface area contributed by atoms with E-state index in [0.717, 1.165) is 11.3 Å². The number of hydrogen-bond acceptors (Lipinski definition) is 3. The molecule has 0 spiro atoms. The van der Waals surface area contributed by atoms with E-state index >= 15 is 0 Å². The van der Waals surface area contributed by atoms with E-state index in [0.29, 0.717) is 5.92 Å². The summed E-state index contributed by atoms with van der Waals surface area (Å²) in [4.78, 5) is 4.05. The quantitative estimate of drug-likeness (QED) is 0.770. The van der Waals surface area contributed by atoms with Crippen molar-refractivity contribution in [2.45, 2.75) is 19.9 Å². The Hall–Kier alpha value is -1.09. The number of aromatic nitrogens is 1. The Kier molecular flexibility index (Phi) is 3.25. The van der Waals surface area contributed by atoms with Crippen LogP contribution in [0.1, 0.15) is 25.5 Å². The summed E-state index contributed by atoms with van der Waals surface area (Å²) in [5, 5.41) is 0. The summed E-state index contributed by atoms with van der Waals surface area (Å²) >= 11 is 0. The molecule has 1 rings (SSSR count). The van der Waals surface area contributed by atoms with E-state index < -0.39 is 0 Å². The van der Waals surface area contributed by atoms with Gasteiger partial charge in [0.1, 0.15) is 5.75 Å². The van der Waals surface area contributed by atoms with Crippen LogP contribution in [0.5, 0.6) is 5.75 Å². The standard InChI is InChI=1S/C10H16N2O/c1-7(2)10(11)8-4-9(13-3)6-12-5-8/h4-7,10H,11H2,1-3H3/t10-/m1/s1. The van der Waals surface area contributed by atoms with Crippen molar-refractivity contribution >= 4 is 0 Å². The lowest BCUT2D eigenvalue weighted by Crippen LogP contribution is -2.16. The number of pyridine rings is 1. The number of nitrogens with zero attached hydrogens (tertiary/aromatic N) is 1. The van der Waals surface area contributed by atoms with E-state index in [1.54, 1.807) is 19.5 Å². The molecule has 1 aromatic rings. The molecule has 0 radical (unpaired) electrons. The van der Waals surface area contributed by atoms with Gasteiger partial charge in [-0.15, -0.1) is 0 Å². The molecule has 0 aromatic carbocycles. The van der Waals surface area contributed by atoms with Crippen LogP contribution < -0.4 is 10.5 Å². The lowest BCUT2D eigenvalue weighted by Gasteiger charge is -2.15. The minimum atomic E-state index is 0.0302. The van der Waals surface area contributed by atoms with Crippen molar-refractivity contribution in [2.24, 2.45) is 11.7 Å². The summed E-state index contributed by atoms with van der Waals surface area (Å²) in [5.74, 6) is 1.17. The maximum Gasteiger partial charge on any atom is 0.137 e. The lowest BCUT2D eigenvalue weighted by molar-refractivity contribution is 0.410. The van der Waals surface area contributed by atoms with Crippen LogP contribution in [0.2, 0.25) is 0 Å². The molecule has 72 valence electrons. The van der Waals surface area contributed by atoms with Crippen molar-refractivity contribution < 1.29 is 4.74 Å². The van der Waals surface area contributed by atoms with E-state index in [1.165, 1.54) is 0 Å². The van der Waals surface area contributed by atoms with Crippen LogP contribution in [0.4, 0.5) is 0 Å². The van der Waals surface area contributed by atoms with E-state index in [2.05, 4.69) is 18.8 Å². The van der Waals surface area contributed by atoms with Gasteiger partial charge in [0.15, 0.2) is 0 Å². The van der Waals surface area contributed by atoms with Crippen LogP contribution in [0.25, 0.3) is 0 Å². The number of hydrogen-bond donors (Lipinski definition) is 1. The first-order valence-electron chi connectivity index (χ1n) is 4.39. The Balaban J connectivity index is 2.88. The first-order chi connectivity index (χ1) is 6.15. The third kappa shape index (κ3) is 2.42. The Morgan fingerprint density at radius 3 is 2.62 bits per heavy atom. The van der Waals surface area contributed by atoms with Gasteiger partial charge in [-0.25, -0.2) is 0 Å². The second-order valence-corrected chi connectivity index (χ2v) is 3.43. The highest BCUT2D eigenvalue weighted by molar-refractivity contribution is 5.25. The normalized spacial score (nSPS) is 13.0. The maximum atomic E-state index is 5.97. The van der Waals surface area contributed by atoms with E-state index in [4.69, 9.17) is 10.5 Å². The van der Waals surface area contributed by atoms with Crippen molar-refractivity contribution in [2.75, 3.05) is 7.11 Å². The monoisotopic (exact) mass is 180 g/mol. The van der Waals surface area contributed by atoms with Gasteiger partial charge in [-0.05, 0) is 17.5 Å². The highest BCUT2D eigenvalue weighted by atomic mass is 16.5. The molecule has 0 bridgehead atoms. The average molecular weight is 180 g/mol. The fourth-order valence-electron chi connectivity index (χ4n) is 1.11. The third-order valence-electron chi connectivity index (χ3n) is 2.07. The molecular weight excluding hydrogens is 164 g/mol. The predicted molar refractivity (Wildman–Crippen MR) is 52.6 cm³/mol. The average Bonchev–Trinajstić information content (AvgIpc) is 2.16. The zero-order chi connectivity index (χ0) is 9.84. The summed E-state index contributed by atoms with van der Waals surface area (Å²) in [6, 6.07) is 1.96. The number of rotatable bonds is 3. The van der Waals surface area contributed by atoms with Crippen molar-refractivity contribution in [1.82, 2.24) is 4.98 Å². The van der Waals surface area contributed by atoms with E-state index in [9.17, 15) is 0 Å². The molecule has 0 saturated heterocycles. The minimum absolute atomic E-state index is 0.0302. The molecule has 0 aliphatic rings. The van der Waals surface area contributed by atoms with Gasteiger partial charge in [-0.1, -0.05) is 13.8 Å². The highest BCUT2D eigenvalue weighted by Gasteiger charge is 2.10. The lowest BCUT2D eigenvalue weighted by atomic mass is 9.99. The van der Waals surface area contributed by atoms with Crippen molar-refractivity contribution in [1.29, 1.82) is 0 Å². The molecule has 0 saturated carbocycles. The second kappa shape index (κ2) is 4.23. The van der Waals surface area contributed by atoms with Crippen LogP contribution in [0.15, 0.2) is 18.5 Å². The van der Waals surface area contributed by atoms with Crippen molar-refractivity contribution in [3.8, 4) is 5.75 Å². The van der Waals surface area contributed by atoms with Crippen LogP contribution in [-0.4, -0.2) is 12.1 Å². The maximum absolute atomic E-state index is 5.97. The van der Waals surface area contributed by atoms with Gasteiger partial charge in [0.05, 0.1) is 13.3 Å². The Morgan fingerprint density at radius 1 is 1.38 bits per heavy atom. The molecule has 3 nitrogen and oxygen atoms in total. The second-order valence-electron chi connectivity index (χ2n) is 3.43. The van der Waals surface area contributed by atoms with E-state index in [1.807, 2.05) is 6.07 Å².